The van der Waals surface area contributed by atoms with Gasteiger partial charge < -0.3 is 10.5 Å². The summed E-state index contributed by atoms with van der Waals surface area (Å²) in [5.41, 5.74) is 2.08. The van der Waals surface area contributed by atoms with Gasteiger partial charge in [-0.2, -0.15) is 0 Å². The van der Waals surface area contributed by atoms with Crippen molar-refractivity contribution < 1.29 is 4.74 Å². The normalized spacial score (nSPS) is 22.2. The van der Waals surface area contributed by atoms with Crippen molar-refractivity contribution in [1.82, 2.24) is 5.32 Å². The minimum absolute atomic E-state index is 0.486. The van der Waals surface area contributed by atoms with Gasteiger partial charge in [0.2, 0.25) is 0 Å². The Hall–Kier alpha value is -1.25. The molecule has 0 aliphatic carbocycles. The zero-order valence-electron chi connectivity index (χ0n) is 5.50. The van der Waals surface area contributed by atoms with Crippen molar-refractivity contribution in [2.45, 2.75) is 0 Å². The lowest BCUT2D eigenvalue weighted by molar-refractivity contribution is -0.439. The van der Waals surface area contributed by atoms with Gasteiger partial charge in [-0.3, -0.25) is 0 Å². The van der Waals surface area contributed by atoms with E-state index < -0.39 is 0 Å². The Balaban J connectivity index is 2.31. The van der Waals surface area contributed by atoms with Crippen LogP contribution >= 0.6 is 0 Å². The molecule has 3 heteroatoms. The summed E-state index contributed by atoms with van der Waals surface area (Å²) in [7, 11) is 0. The minimum atomic E-state index is 0.486. The zero-order valence-corrected chi connectivity index (χ0v) is 5.50. The van der Waals surface area contributed by atoms with E-state index in [-0.39, 0.29) is 0 Å². The molecule has 0 aromatic heterocycles. The molecule has 0 saturated heterocycles. The van der Waals surface area contributed by atoms with E-state index in [1.807, 2.05) is 12.2 Å². The van der Waals surface area contributed by atoms with Crippen molar-refractivity contribution in [3.05, 3.63) is 28.6 Å². The van der Waals surface area contributed by atoms with Gasteiger partial charge in [-0.15, -0.1) is 0 Å². The first kappa shape index (κ1) is 5.53. The monoisotopic (exact) mass is 136 g/mol. The molecule has 0 amide bonds. The highest BCUT2D eigenvalue weighted by Gasteiger charge is 2.17. The molecule has 2 rings (SSSR count). The average Bonchev–Trinajstić information content (AvgIpc) is 2.27. The van der Waals surface area contributed by atoms with Crippen LogP contribution < -0.4 is 5.32 Å². The molecule has 2 aliphatic rings. The van der Waals surface area contributed by atoms with Crippen molar-refractivity contribution in [1.29, 1.82) is 0 Å². The molecule has 0 saturated carbocycles. The van der Waals surface area contributed by atoms with Crippen LogP contribution in [0.25, 0.3) is 0 Å². The standard InChI is InChI=1S/C7H8N2O/c10-9-4-6-2-1-3-8-7(6)5-9/h1-2,4,8H,3,5H2. The molecule has 10 heavy (non-hydrogen) atoms. The molecule has 0 atom stereocenters. The molecule has 0 spiro atoms. The Kier molecular flexibility index (Phi) is 1.03. The lowest BCUT2D eigenvalue weighted by Crippen LogP contribution is -2.19. The van der Waals surface area contributed by atoms with E-state index in [2.05, 4.69) is 5.32 Å². The van der Waals surface area contributed by atoms with Crippen molar-refractivity contribution in [3.63, 3.8) is 0 Å². The van der Waals surface area contributed by atoms with Crippen LogP contribution in [0.15, 0.2) is 23.4 Å². The summed E-state index contributed by atoms with van der Waals surface area (Å²) in [4.78, 5) is 0. The second-order valence-electron chi connectivity index (χ2n) is 2.42. The summed E-state index contributed by atoms with van der Waals surface area (Å²) >= 11 is 0. The Morgan fingerprint density at radius 1 is 1.60 bits per heavy atom. The van der Waals surface area contributed by atoms with E-state index in [0.717, 1.165) is 22.6 Å². The maximum atomic E-state index is 10.8. The highest BCUT2D eigenvalue weighted by Crippen LogP contribution is 2.10. The van der Waals surface area contributed by atoms with E-state index in [9.17, 15) is 5.21 Å². The third kappa shape index (κ3) is 0.708. The number of rotatable bonds is 0. The molecule has 0 aromatic carbocycles. The molecule has 0 unspecified atom stereocenters. The van der Waals surface area contributed by atoms with Crippen LogP contribution in [0.1, 0.15) is 0 Å². The fraction of sp³-hybridized carbons (Fsp3) is 0.286. The Bertz CT molecular complexity index is 250. The van der Waals surface area contributed by atoms with Crippen LogP contribution in [-0.2, 0) is 0 Å². The van der Waals surface area contributed by atoms with Crippen molar-refractivity contribution >= 4 is 6.21 Å². The zero-order chi connectivity index (χ0) is 6.97. The first-order chi connectivity index (χ1) is 4.86. The number of nitrogens with one attached hydrogen (secondary N) is 1. The Morgan fingerprint density at radius 3 is 3.30 bits per heavy atom. The lowest BCUT2D eigenvalue weighted by atomic mass is 10.2. The topological polar surface area (TPSA) is 38.1 Å². The molecule has 52 valence electrons. The number of nitrogens with zero attached hydrogens (tertiary/aromatic N) is 1. The van der Waals surface area contributed by atoms with Crippen LogP contribution in [0.2, 0.25) is 0 Å². The first-order valence-corrected chi connectivity index (χ1v) is 3.28. The van der Waals surface area contributed by atoms with Gasteiger partial charge in [-0.1, -0.05) is 6.08 Å². The van der Waals surface area contributed by atoms with E-state index in [1.165, 1.54) is 0 Å². The van der Waals surface area contributed by atoms with Crippen LogP contribution in [0, 0.1) is 5.21 Å². The molecular weight excluding hydrogens is 128 g/mol. The van der Waals surface area contributed by atoms with Crippen LogP contribution in [0.5, 0.6) is 0 Å². The summed E-state index contributed by atoms with van der Waals surface area (Å²) in [6.07, 6.45) is 5.59. The predicted octanol–water partition coefficient (Wildman–Crippen LogP) is -0.00540. The molecule has 3 nitrogen and oxygen atoms in total. The van der Waals surface area contributed by atoms with Crippen LogP contribution in [0.4, 0.5) is 0 Å². The fourth-order valence-electron chi connectivity index (χ4n) is 1.20. The number of dihydropyridines is 1. The van der Waals surface area contributed by atoms with E-state index in [1.54, 1.807) is 6.21 Å². The molecule has 0 aromatic rings. The molecule has 0 bridgehead atoms. The quantitative estimate of drug-likeness (QED) is 0.376. The highest BCUT2D eigenvalue weighted by atomic mass is 16.5. The van der Waals surface area contributed by atoms with Gasteiger partial charge >= 0.3 is 0 Å². The summed E-state index contributed by atoms with van der Waals surface area (Å²) in [6.45, 7) is 1.33. The number of hydrogen-bond donors (Lipinski definition) is 1. The second kappa shape index (κ2) is 1.87. The number of allylic oxidation sites excluding steroid dienone is 2. The molecule has 2 aliphatic heterocycles. The third-order valence-corrected chi connectivity index (χ3v) is 1.68. The smallest absolute Gasteiger partial charge is 0.193 e. The van der Waals surface area contributed by atoms with E-state index in [4.69, 9.17) is 0 Å². The molecule has 1 N–H and O–H groups in total. The minimum Gasteiger partial charge on any atom is -0.623 e. The highest BCUT2D eigenvalue weighted by molar-refractivity contribution is 5.81. The lowest BCUT2D eigenvalue weighted by Gasteiger charge is -2.06. The molecule has 0 radical (unpaired) electrons. The maximum absolute atomic E-state index is 10.8. The van der Waals surface area contributed by atoms with Crippen molar-refractivity contribution in [2.75, 3.05) is 13.1 Å². The van der Waals surface area contributed by atoms with Gasteiger partial charge in [0.1, 0.15) is 0 Å². The van der Waals surface area contributed by atoms with Gasteiger partial charge in [0.15, 0.2) is 12.8 Å². The van der Waals surface area contributed by atoms with Crippen LogP contribution in [-0.4, -0.2) is 24.0 Å². The van der Waals surface area contributed by atoms with E-state index >= 15 is 0 Å². The van der Waals surface area contributed by atoms with Crippen molar-refractivity contribution in [3.8, 4) is 0 Å². The van der Waals surface area contributed by atoms with Crippen molar-refractivity contribution in [2.24, 2.45) is 0 Å². The predicted molar refractivity (Wildman–Crippen MR) is 38.7 cm³/mol. The van der Waals surface area contributed by atoms with Gasteiger partial charge in [-0.05, 0) is 6.08 Å². The second-order valence-corrected chi connectivity index (χ2v) is 2.42. The van der Waals surface area contributed by atoms with E-state index in [0.29, 0.717) is 6.54 Å². The van der Waals surface area contributed by atoms with Crippen LogP contribution in [0.3, 0.4) is 0 Å². The first-order valence-electron chi connectivity index (χ1n) is 3.28. The third-order valence-electron chi connectivity index (χ3n) is 1.68. The largest absolute Gasteiger partial charge is 0.623 e. The maximum Gasteiger partial charge on any atom is 0.193 e. The summed E-state index contributed by atoms with van der Waals surface area (Å²) in [6, 6.07) is 0. The molecule has 2 heterocycles. The fourth-order valence-corrected chi connectivity index (χ4v) is 1.20. The SMILES string of the molecule is [O-][N+]1=CC2=C(C1)NCC=C2. The van der Waals surface area contributed by atoms with Gasteiger partial charge in [0.25, 0.3) is 0 Å². The Labute approximate surface area is 58.9 Å². The summed E-state index contributed by atoms with van der Waals surface area (Å²) in [5.74, 6) is 0. The summed E-state index contributed by atoms with van der Waals surface area (Å²) in [5, 5.41) is 13.9. The Morgan fingerprint density at radius 2 is 2.50 bits per heavy atom. The number of hydrogen-bond acceptors (Lipinski definition) is 2. The van der Waals surface area contributed by atoms with Gasteiger partial charge in [0, 0.05) is 6.54 Å². The van der Waals surface area contributed by atoms with Gasteiger partial charge in [0.05, 0.1) is 11.3 Å². The van der Waals surface area contributed by atoms with Gasteiger partial charge in [-0.25, -0.2) is 4.74 Å². The molecule has 0 fully saturated rings. The summed E-state index contributed by atoms with van der Waals surface area (Å²) < 4.78 is 0.938. The number of hydroxylamine groups is 1. The molecular formula is C7H8N2O. The average molecular weight is 136 g/mol.